The van der Waals surface area contributed by atoms with Crippen molar-refractivity contribution in [2.75, 3.05) is 13.7 Å². The van der Waals surface area contributed by atoms with Crippen molar-refractivity contribution in [3.05, 3.63) is 50.6 Å². The summed E-state index contributed by atoms with van der Waals surface area (Å²) in [7, 11) is 1.65. The number of methoxy groups -OCH3 is 1. The first kappa shape index (κ1) is 16.0. The molecule has 5 heteroatoms. The molecule has 1 N–H and O–H groups in total. The van der Waals surface area contributed by atoms with E-state index in [0.29, 0.717) is 19.4 Å². The molecule has 1 amide bonds. The van der Waals surface area contributed by atoms with Gasteiger partial charge in [-0.3, -0.25) is 4.79 Å². The van der Waals surface area contributed by atoms with Crippen molar-refractivity contribution in [1.82, 2.24) is 5.32 Å². The Morgan fingerprint density at radius 3 is 2.76 bits per heavy atom. The van der Waals surface area contributed by atoms with Crippen LogP contribution in [0.15, 0.2) is 40.2 Å². The van der Waals surface area contributed by atoms with E-state index in [2.05, 4.69) is 27.3 Å². The van der Waals surface area contributed by atoms with Crippen molar-refractivity contribution in [3.8, 4) is 5.75 Å². The van der Waals surface area contributed by atoms with Gasteiger partial charge in [-0.25, -0.2) is 0 Å². The highest BCUT2D eigenvalue weighted by molar-refractivity contribution is 9.11. The Morgan fingerprint density at radius 1 is 1.24 bits per heavy atom. The largest absolute Gasteiger partial charge is 0.496 e. The third kappa shape index (κ3) is 5.17. The molecule has 1 aromatic heterocycles. The van der Waals surface area contributed by atoms with Gasteiger partial charge in [0.25, 0.3) is 0 Å². The Morgan fingerprint density at radius 2 is 2.05 bits per heavy atom. The third-order valence-corrected chi connectivity index (χ3v) is 4.82. The van der Waals surface area contributed by atoms with Crippen LogP contribution in [0.5, 0.6) is 5.75 Å². The smallest absolute Gasteiger partial charge is 0.220 e. The van der Waals surface area contributed by atoms with Crippen molar-refractivity contribution in [3.63, 3.8) is 0 Å². The van der Waals surface area contributed by atoms with E-state index < -0.39 is 0 Å². The SMILES string of the molecule is COc1ccccc1CCC(=O)NCCc1ccc(Br)s1. The average molecular weight is 368 g/mol. The fourth-order valence-corrected chi connectivity index (χ4v) is 3.54. The zero-order valence-electron chi connectivity index (χ0n) is 11.9. The predicted molar refractivity (Wildman–Crippen MR) is 90.0 cm³/mol. The van der Waals surface area contributed by atoms with Crippen LogP contribution in [-0.2, 0) is 17.6 Å². The molecule has 0 bridgehead atoms. The number of rotatable bonds is 7. The Labute approximate surface area is 137 Å². The van der Waals surface area contributed by atoms with Gasteiger partial charge < -0.3 is 10.1 Å². The van der Waals surface area contributed by atoms with E-state index in [1.54, 1.807) is 18.4 Å². The number of carbonyl (C=O) groups excluding carboxylic acids is 1. The lowest BCUT2D eigenvalue weighted by Crippen LogP contribution is -2.25. The molecule has 3 nitrogen and oxygen atoms in total. The molecule has 0 aliphatic rings. The van der Waals surface area contributed by atoms with Gasteiger partial charge in [-0.2, -0.15) is 0 Å². The van der Waals surface area contributed by atoms with Crippen LogP contribution in [0.4, 0.5) is 0 Å². The Bertz CT molecular complexity index is 597. The van der Waals surface area contributed by atoms with Crippen molar-refractivity contribution < 1.29 is 9.53 Å². The lowest BCUT2D eigenvalue weighted by Gasteiger charge is -2.08. The summed E-state index contributed by atoms with van der Waals surface area (Å²) in [5.74, 6) is 0.922. The maximum absolute atomic E-state index is 11.9. The normalized spacial score (nSPS) is 10.4. The molecule has 0 saturated heterocycles. The molecule has 0 saturated carbocycles. The van der Waals surface area contributed by atoms with Crippen LogP contribution in [0, 0.1) is 0 Å². The number of aryl methyl sites for hydroxylation is 1. The molecule has 1 aromatic carbocycles. The number of amides is 1. The van der Waals surface area contributed by atoms with E-state index in [9.17, 15) is 4.79 Å². The molecule has 1 heterocycles. The summed E-state index contributed by atoms with van der Waals surface area (Å²) in [5.41, 5.74) is 1.07. The van der Waals surface area contributed by atoms with Crippen LogP contribution in [-0.4, -0.2) is 19.6 Å². The van der Waals surface area contributed by atoms with Gasteiger partial charge in [0.15, 0.2) is 0 Å². The van der Waals surface area contributed by atoms with E-state index >= 15 is 0 Å². The average Bonchev–Trinajstić information content (AvgIpc) is 2.91. The summed E-state index contributed by atoms with van der Waals surface area (Å²) in [6.07, 6.45) is 2.05. The predicted octanol–water partition coefficient (Wildman–Crippen LogP) is 3.81. The van der Waals surface area contributed by atoms with Crippen molar-refractivity contribution in [1.29, 1.82) is 0 Å². The van der Waals surface area contributed by atoms with E-state index in [1.807, 2.05) is 30.3 Å². The van der Waals surface area contributed by atoms with Crippen molar-refractivity contribution in [2.24, 2.45) is 0 Å². The van der Waals surface area contributed by atoms with E-state index in [1.165, 1.54) is 4.88 Å². The van der Waals surface area contributed by atoms with Crippen LogP contribution in [0.3, 0.4) is 0 Å². The summed E-state index contributed by atoms with van der Waals surface area (Å²) in [6.45, 7) is 0.678. The molecule has 21 heavy (non-hydrogen) atoms. The number of hydrogen-bond acceptors (Lipinski definition) is 3. The van der Waals surface area contributed by atoms with Gasteiger partial charge in [0.05, 0.1) is 10.9 Å². The molecule has 2 aromatic rings. The summed E-state index contributed by atoms with van der Waals surface area (Å²) >= 11 is 5.14. The number of nitrogens with one attached hydrogen (secondary N) is 1. The number of thiophene rings is 1. The summed E-state index contributed by atoms with van der Waals surface area (Å²) in [5, 5.41) is 2.96. The van der Waals surface area contributed by atoms with Crippen LogP contribution < -0.4 is 10.1 Å². The molecule has 0 aliphatic carbocycles. The summed E-state index contributed by atoms with van der Waals surface area (Å²) < 4.78 is 6.41. The second-order valence-corrected chi connectivity index (χ2v) is 7.17. The third-order valence-electron chi connectivity index (χ3n) is 3.14. The zero-order chi connectivity index (χ0) is 15.1. The fraction of sp³-hybridized carbons (Fsp3) is 0.312. The van der Waals surface area contributed by atoms with Gasteiger partial charge in [-0.1, -0.05) is 18.2 Å². The number of halogens is 1. The molecule has 0 unspecified atom stereocenters. The van der Waals surface area contributed by atoms with Gasteiger partial charge in [0, 0.05) is 17.8 Å². The number of ether oxygens (including phenoxy) is 1. The molecule has 0 spiro atoms. The minimum Gasteiger partial charge on any atom is -0.496 e. The second-order valence-electron chi connectivity index (χ2n) is 4.62. The number of para-hydroxylation sites is 1. The highest BCUT2D eigenvalue weighted by Crippen LogP contribution is 2.22. The molecular weight excluding hydrogens is 350 g/mol. The van der Waals surface area contributed by atoms with Gasteiger partial charge in [-0.05, 0) is 52.5 Å². The lowest BCUT2D eigenvalue weighted by molar-refractivity contribution is -0.121. The molecule has 112 valence electrons. The second kappa shape index (κ2) is 8.20. The van der Waals surface area contributed by atoms with E-state index in [0.717, 1.165) is 21.5 Å². The van der Waals surface area contributed by atoms with Gasteiger partial charge >= 0.3 is 0 Å². The number of benzene rings is 1. The number of hydrogen-bond donors (Lipinski definition) is 1. The summed E-state index contributed by atoms with van der Waals surface area (Å²) in [4.78, 5) is 13.1. The highest BCUT2D eigenvalue weighted by Gasteiger charge is 2.06. The molecule has 2 rings (SSSR count). The van der Waals surface area contributed by atoms with Gasteiger partial charge in [0.1, 0.15) is 5.75 Å². The maximum atomic E-state index is 11.9. The number of carbonyl (C=O) groups is 1. The quantitative estimate of drug-likeness (QED) is 0.807. The first-order valence-corrected chi connectivity index (χ1v) is 8.43. The minimum absolute atomic E-state index is 0.0801. The monoisotopic (exact) mass is 367 g/mol. The van der Waals surface area contributed by atoms with E-state index in [4.69, 9.17) is 4.74 Å². The van der Waals surface area contributed by atoms with Crippen molar-refractivity contribution >= 4 is 33.2 Å². The molecule has 0 radical (unpaired) electrons. The van der Waals surface area contributed by atoms with Crippen LogP contribution in [0.25, 0.3) is 0 Å². The standard InChI is InChI=1S/C16H18BrNO2S/c1-20-14-5-3-2-4-12(14)6-9-16(19)18-11-10-13-7-8-15(17)21-13/h2-5,7-8H,6,9-11H2,1H3,(H,18,19). The first-order valence-electron chi connectivity index (χ1n) is 6.82. The van der Waals surface area contributed by atoms with Crippen molar-refractivity contribution in [2.45, 2.75) is 19.3 Å². The van der Waals surface area contributed by atoms with Crippen LogP contribution >= 0.6 is 27.3 Å². The van der Waals surface area contributed by atoms with Crippen LogP contribution in [0.1, 0.15) is 16.9 Å². The molecular formula is C16H18BrNO2S. The minimum atomic E-state index is 0.0801. The Balaban J connectivity index is 1.72. The highest BCUT2D eigenvalue weighted by atomic mass is 79.9. The molecule has 0 atom stereocenters. The first-order chi connectivity index (χ1) is 10.2. The summed E-state index contributed by atoms with van der Waals surface area (Å²) in [6, 6.07) is 11.9. The van der Waals surface area contributed by atoms with Gasteiger partial charge in [-0.15, -0.1) is 11.3 Å². The van der Waals surface area contributed by atoms with Crippen LogP contribution in [0.2, 0.25) is 0 Å². The lowest BCUT2D eigenvalue weighted by atomic mass is 10.1. The Hall–Kier alpha value is -1.33. The zero-order valence-corrected chi connectivity index (χ0v) is 14.3. The molecule has 0 aliphatic heterocycles. The van der Waals surface area contributed by atoms with Gasteiger partial charge in [0.2, 0.25) is 5.91 Å². The fourth-order valence-electron chi connectivity index (χ4n) is 2.06. The topological polar surface area (TPSA) is 38.3 Å². The molecule has 0 fully saturated rings. The maximum Gasteiger partial charge on any atom is 0.220 e. The Kier molecular flexibility index (Phi) is 6.26. The van der Waals surface area contributed by atoms with E-state index in [-0.39, 0.29) is 5.91 Å².